The van der Waals surface area contributed by atoms with E-state index in [2.05, 4.69) is 5.32 Å². The zero-order chi connectivity index (χ0) is 19.6. The van der Waals surface area contributed by atoms with E-state index in [4.69, 9.17) is 27.9 Å². The molecule has 2 aromatic carbocycles. The van der Waals surface area contributed by atoms with Crippen LogP contribution in [0.15, 0.2) is 41.3 Å². The lowest BCUT2D eigenvalue weighted by Gasteiger charge is -2.16. The number of carbonyl (C=O) groups excluding carboxylic acids is 1. The molecule has 0 spiro atoms. The summed E-state index contributed by atoms with van der Waals surface area (Å²) in [5.74, 6) is -0.0499. The minimum absolute atomic E-state index is 0.0479. The summed E-state index contributed by atoms with van der Waals surface area (Å²) in [5, 5.41) is 3.17. The lowest BCUT2D eigenvalue weighted by molar-refractivity contribution is 0.102. The summed E-state index contributed by atoms with van der Waals surface area (Å²) in [6, 6.07) is 8.92. The normalized spacial score (nSPS) is 14.9. The molecule has 3 rings (SSSR count). The Kier molecular flexibility index (Phi) is 5.95. The van der Waals surface area contributed by atoms with Gasteiger partial charge in [-0.2, -0.15) is 4.31 Å². The Balaban J connectivity index is 1.87. The maximum absolute atomic E-state index is 12.7. The van der Waals surface area contributed by atoms with Crippen LogP contribution >= 0.6 is 23.2 Å². The fourth-order valence-electron chi connectivity index (χ4n) is 2.86. The van der Waals surface area contributed by atoms with Gasteiger partial charge in [0, 0.05) is 18.8 Å². The average Bonchev–Trinajstić information content (AvgIpc) is 3.17. The Bertz CT molecular complexity index is 973. The number of anilines is 1. The molecule has 0 radical (unpaired) electrons. The second kappa shape index (κ2) is 8.06. The third kappa shape index (κ3) is 4.21. The number of carbonyl (C=O) groups is 1. The molecule has 1 heterocycles. The van der Waals surface area contributed by atoms with Crippen molar-refractivity contribution in [3.8, 4) is 5.75 Å². The fourth-order valence-corrected chi connectivity index (χ4v) is 4.86. The standard InChI is InChI=1S/C18H18Cl2N2O4S/c1-26-17-7-4-12(10-16(17)20)21-18(23)14-11-13(5-6-15(14)19)27(24,25)22-8-2-3-9-22/h4-7,10-11H,2-3,8-9H2,1H3,(H,21,23). The van der Waals surface area contributed by atoms with Gasteiger partial charge in [0.05, 0.1) is 27.6 Å². The van der Waals surface area contributed by atoms with Crippen molar-refractivity contribution < 1.29 is 17.9 Å². The number of nitrogens with zero attached hydrogens (tertiary/aromatic N) is 1. The number of nitrogens with one attached hydrogen (secondary N) is 1. The molecule has 0 aromatic heterocycles. The summed E-state index contributed by atoms with van der Waals surface area (Å²) in [6.45, 7) is 0.966. The van der Waals surface area contributed by atoms with Crippen LogP contribution in [0.5, 0.6) is 5.75 Å². The zero-order valence-electron chi connectivity index (χ0n) is 14.5. The Hall–Kier alpha value is -1.80. The van der Waals surface area contributed by atoms with Crippen molar-refractivity contribution in [3.05, 3.63) is 52.0 Å². The molecule has 1 aliphatic heterocycles. The van der Waals surface area contributed by atoms with Gasteiger partial charge in [0.1, 0.15) is 5.75 Å². The molecule has 1 amide bonds. The van der Waals surface area contributed by atoms with Crippen molar-refractivity contribution >= 4 is 44.8 Å². The smallest absolute Gasteiger partial charge is 0.257 e. The van der Waals surface area contributed by atoms with Crippen LogP contribution in [-0.4, -0.2) is 38.8 Å². The van der Waals surface area contributed by atoms with Crippen LogP contribution in [0.25, 0.3) is 0 Å². The number of amides is 1. The Morgan fingerprint density at radius 3 is 2.41 bits per heavy atom. The van der Waals surface area contributed by atoms with Crippen molar-refractivity contribution in [2.24, 2.45) is 0 Å². The first-order chi connectivity index (χ1) is 12.8. The number of sulfonamides is 1. The van der Waals surface area contributed by atoms with Crippen LogP contribution in [0.4, 0.5) is 5.69 Å². The first kappa shape index (κ1) is 19.9. The van der Waals surface area contributed by atoms with Gasteiger partial charge in [-0.05, 0) is 49.2 Å². The van der Waals surface area contributed by atoms with Gasteiger partial charge in [-0.25, -0.2) is 8.42 Å². The van der Waals surface area contributed by atoms with Crippen molar-refractivity contribution in [1.82, 2.24) is 4.31 Å². The Labute approximate surface area is 168 Å². The predicted octanol–water partition coefficient (Wildman–Crippen LogP) is 4.04. The van der Waals surface area contributed by atoms with Crippen LogP contribution in [0.3, 0.4) is 0 Å². The van der Waals surface area contributed by atoms with Gasteiger partial charge in [0.25, 0.3) is 5.91 Å². The number of methoxy groups -OCH3 is 1. The molecule has 144 valence electrons. The molecule has 0 bridgehead atoms. The number of ether oxygens (including phenoxy) is 1. The minimum atomic E-state index is -3.64. The van der Waals surface area contributed by atoms with E-state index >= 15 is 0 Å². The largest absolute Gasteiger partial charge is 0.495 e. The Morgan fingerprint density at radius 2 is 1.78 bits per heavy atom. The minimum Gasteiger partial charge on any atom is -0.495 e. The van der Waals surface area contributed by atoms with Gasteiger partial charge in [-0.3, -0.25) is 4.79 Å². The second-order valence-electron chi connectivity index (χ2n) is 6.06. The Morgan fingerprint density at radius 1 is 1.07 bits per heavy atom. The SMILES string of the molecule is COc1ccc(NC(=O)c2cc(S(=O)(=O)N3CCCC3)ccc2Cl)cc1Cl. The van der Waals surface area contributed by atoms with Gasteiger partial charge >= 0.3 is 0 Å². The fraction of sp³-hybridized carbons (Fsp3) is 0.278. The number of benzene rings is 2. The van der Waals surface area contributed by atoms with E-state index in [0.29, 0.717) is 29.5 Å². The highest BCUT2D eigenvalue weighted by molar-refractivity contribution is 7.89. The van der Waals surface area contributed by atoms with Crippen LogP contribution < -0.4 is 10.1 Å². The molecule has 9 heteroatoms. The molecule has 0 aliphatic carbocycles. The molecule has 27 heavy (non-hydrogen) atoms. The zero-order valence-corrected chi connectivity index (χ0v) is 16.9. The number of hydrogen-bond acceptors (Lipinski definition) is 4. The van der Waals surface area contributed by atoms with E-state index in [-0.39, 0.29) is 15.5 Å². The van der Waals surface area contributed by atoms with Crippen LogP contribution in [0.1, 0.15) is 23.2 Å². The monoisotopic (exact) mass is 428 g/mol. The molecule has 0 saturated carbocycles. The van der Waals surface area contributed by atoms with Crippen molar-refractivity contribution in [2.45, 2.75) is 17.7 Å². The average molecular weight is 429 g/mol. The van der Waals surface area contributed by atoms with Crippen LogP contribution in [0.2, 0.25) is 10.0 Å². The highest BCUT2D eigenvalue weighted by atomic mass is 35.5. The van der Waals surface area contributed by atoms with E-state index in [0.717, 1.165) is 12.8 Å². The summed E-state index contributed by atoms with van der Waals surface area (Å²) in [6.07, 6.45) is 1.66. The second-order valence-corrected chi connectivity index (χ2v) is 8.81. The van der Waals surface area contributed by atoms with Crippen LogP contribution in [0, 0.1) is 0 Å². The quantitative estimate of drug-likeness (QED) is 0.779. The molecule has 1 aliphatic rings. The van der Waals surface area contributed by atoms with Crippen LogP contribution in [-0.2, 0) is 10.0 Å². The van der Waals surface area contributed by atoms with Gasteiger partial charge in [-0.1, -0.05) is 23.2 Å². The molecular weight excluding hydrogens is 411 g/mol. The molecule has 6 nitrogen and oxygen atoms in total. The predicted molar refractivity (Wildman–Crippen MR) is 105 cm³/mol. The van der Waals surface area contributed by atoms with Crippen molar-refractivity contribution in [1.29, 1.82) is 0 Å². The number of rotatable bonds is 5. The lowest BCUT2D eigenvalue weighted by atomic mass is 10.2. The van der Waals surface area contributed by atoms with Crippen molar-refractivity contribution in [3.63, 3.8) is 0 Å². The van der Waals surface area contributed by atoms with E-state index < -0.39 is 15.9 Å². The number of halogens is 2. The highest BCUT2D eigenvalue weighted by Gasteiger charge is 2.28. The topological polar surface area (TPSA) is 75.7 Å². The van der Waals surface area contributed by atoms with E-state index in [1.165, 1.54) is 35.7 Å². The maximum Gasteiger partial charge on any atom is 0.257 e. The summed E-state index contributed by atoms with van der Waals surface area (Å²) >= 11 is 12.2. The summed E-state index contributed by atoms with van der Waals surface area (Å²) in [4.78, 5) is 12.7. The molecule has 2 aromatic rings. The molecule has 1 saturated heterocycles. The first-order valence-electron chi connectivity index (χ1n) is 8.27. The summed E-state index contributed by atoms with van der Waals surface area (Å²) in [5.41, 5.74) is 0.513. The molecule has 0 unspecified atom stereocenters. The maximum atomic E-state index is 12.7. The van der Waals surface area contributed by atoms with E-state index in [1.54, 1.807) is 12.1 Å². The van der Waals surface area contributed by atoms with Gasteiger partial charge in [0.15, 0.2) is 0 Å². The molecular formula is C18H18Cl2N2O4S. The third-order valence-corrected chi connectivity index (χ3v) is 6.81. The van der Waals surface area contributed by atoms with E-state index in [9.17, 15) is 13.2 Å². The van der Waals surface area contributed by atoms with Gasteiger partial charge < -0.3 is 10.1 Å². The van der Waals surface area contributed by atoms with E-state index in [1.807, 2.05) is 0 Å². The van der Waals surface area contributed by atoms with Gasteiger partial charge in [0.2, 0.25) is 10.0 Å². The lowest BCUT2D eigenvalue weighted by Crippen LogP contribution is -2.28. The van der Waals surface area contributed by atoms with Gasteiger partial charge in [-0.15, -0.1) is 0 Å². The van der Waals surface area contributed by atoms with Crippen molar-refractivity contribution in [2.75, 3.05) is 25.5 Å². The molecule has 1 N–H and O–H groups in total. The highest BCUT2D eigenvalue weighted by Crippen LogP contribution is 2.29. The third-order valence-electron chi connectivity index (χ3n) is 4.29. The molecule has 1 fully saturated rings. The molecule has 0 atom stereocenters. The number of hydrogen-bond donors (Lipinski definition) is 1. The summed E-state index contributed by atoms with van der Waals surface area (Å²) in [7, 11) is -2.15. The first-order valence-corrected chi connectivity index (χ1v) is 10.5. The summed E-state index contributed by atoms with van der Waals surface area (Å²) < 4.78 is 31.9.